The maximum absolute atomic E-state index is 12.4. The molecule has 3 rings (SSSR count). The summed E-state index contributed by atoms with van der Waals surface area (Å²) in [7, 11) is 0. The van der Waals surface area contributed by atoms with Gasteiger partial charge in [-0.15, -0.1) is 0 Å². The predicted molar refractivity (Wildman–Crippen MR) is 71.6 cm³/mol. The van der Waals surface area contributed by atoms with Crippen LogP contribution >= 0.6 is 0 Å². The summed E-state index contributed by atoms with van der Waals surface area (Å²) in [4.78, 5) is 40.6. The van der Waals surface area contributed by atoms with Crippen molar-refractivity contribution in [2.45, 2.75) is 6.10 Å². The number of benzene rings is 1. The summed E-state index contributed by atoms with van der Waals surface area (Å²) in [6.45, 7) is -0.140. The second-order valence-electron chi connectivity index (χ2n) is 4.48. The van der Waals surface area contributed by atoms with Crippen molar-refractivity contribution in [3.63, 3.8) is 0 Å². The van der Waals surface area contributed by atoms with E-state index in [1.165, 1.54) is 11.1 Å². The van der Waals surface area contributed by atoms with Gasteiger partial charge in [0.05, 0.1) is 12.2 Å². The van der Waals surface area contributed by atoms with Crippen molar-refractivity contribution < 1.29 is 19.4 Å². The minimum absolute atomic E-state index is 0.0563. The Morgan fingerprint density at radius 2 is 2.10 bits per heavy atom. The van der Waals surface area contributed by atoms with Crippen molar-refractivity contribution in [1.29, 1.82) is 0 Å². The van der Waals surface area contributed by atoms with Crippen LogP contribution in [0.4, 0.5) is 5.69 Å². The molecule has 1 aliphatic heterocycles. The van der Waals surface area contributed by atoms with Gasteiger partial charge in [-0.2, -0.15) is 0 Å². The molecule has 0 fully saturated rings. The normalized spacial score (nSPS) is 17.0. The number of aliphatic carboxylic acids is 1. The predicted octanol–water partition coefficient (Wildman–Crippen LogP) is 0.195. The van der Waals surface area contributed by atoms with E-state index in [0.29, 0.717) is 11.4 Å². The smallest absolute Gasteiger partial charge is 0.346 e. The number of para-hydroxylation sites is 2. The molecule has 1 unspecified atom stereocenters. The van der Waals surface area contributed by atoms with Crippen molar-refractivity contribution >= 4 is 17.6 Å². The van der Waals surface area contributed by atoms with E-state index >= 15 is 0 Å². The number of rotatable bonds is 2. The maximum atomic E-state index is 12.4. The van der Waals surface area contributed by atoms with E-state index in [4.69, 9.17) is 9.84 Å². The monoisotopic (exact) mass is 289 g/mol. The minimum Gasteiger partial charge on any atom is -0.478 e. The average Bonchev–Trinajstić information content (AvgIpc) is 2.92. The number of carbonyl (C=O) groups is 2. The molecule has 1 aromatic heterocycles. The Bertz CT molecular complexity index is 763. The van der Waals surface area contributed by atoms with Crippen molar-refractivity contribution in [1.82, 2.24) is 9.97 Å². The summed E-state index contributed by atoms with van der Waals surface area (Å²) in [6.07, 6.45) is 0.0907. The second-order valence-corrected chi connectivity index (χ2v) is 4.48. The molecular formula is C13H11N3O5. The first-order valence-corrected chi connectivity index (χ1v) is 6.14. The summed E-state index contributed by atoms with van der Waals surface area (Å²) in [5, 5.41) is 9.11. The van der Waals surface area contributed by atoms with E-state index in [0.717, 1.165) is 0 Å². The summed E-state index contributed by atoms with van der Waals surface area (Å²) >= 11 is 0. The number of aromatic nitrogens is 2. The van der Waals surface area contributed by atoms with Gasteiger partial charge < -0.3 is 19.8 Å². The van der Waals surface area contributed by atoms with E-state index in [1.54, 1.807) is 24.3 Å². The Hall–Kier alpha value is -3.03. The van der Waals surface area contributed by atoms with Crippen LogP contribution in [0.1, 0.15) is 10.5 Å². The summed E-state index contributed by atoms with van der Waals surface area (Å²) in [5.74, 6) is -1.36. The lowest BCUT2D eigenvalue weighted by atomic mass is 10.1. The quantitative estimate of drug-likeness (QED) is 0.730. The van der Waals surface area contributed by atoms with E-state index in [-0.39, 0.29) is 12.2 Å². The Labute approximate surface area is 118 Å². The summed E-state index contributed by atoms with van der Waals surface area (Å²) in [6, 6.07) is 6.63. The van der Waals surface area contributed by atoms with E-state index in [2.05, 4.69) is 9.97 Å². The molecule has 108 valence electrons. The Kier molecular flexibility index (Phi) is 2.98. The van der Waals surface area contributed by atoms with Gasteiger partial charge in [-0.05, 0) is 12.1 Å². The molecule has 2 heterocycles. The minimum atomic E-state index is -1.16. The zero-order valence-corrected chi connectivity index (χ0v) is 10.7. The van der Waals surface area contributed by atoms with Gasteiger partial charge in [-0.25, -0.2) is 9.59 Å². The van der Waals surface area contributed by atoms with Gasteiger partial charge in [0.1, 0.15) is 11.4 Å². The van der Waals surface area contributed by atoms with Gasteiger partial charge in [0.25, 0.3) is 5.91 Å². The molecule has 21 heavy (non-hydrogen) atoms. The zero-order chi connectivity index (χ0) is 15.0. The van der Waals surface area contributed by atoms with E-state index in [9.17, 15) is 14.4 Å². The lowest BCUT2D eigenvalue weighted by Gasteiger charge is -2.32. The first-order valence-electron chi connectivity index (χ1n) is 6.14. The first-order chi connectivity index (χ1) is 10.1. The van der Waals surface area contributed by atoms with Crippen LogP contribution in [0.3, 0.4) is 0 Å². The Balaban J connectivity index is 2.02. The highest BCUT2D eigenvalue weighted by Gasteiger charge is 2.34. The molecule has 8 heteroatoms. The number of imidazole rings is 1. The van der Waals surface area contributed by atoms with Crippen molar-refractivity contribution in [3.8, 4) is 5.75 Å². The fraction of sp³-hybridized carbons (Fsp3) is 0.154. The van der Waals surface area contributed by atoms with Crippen LogP contribution in [0.5, 0.6) is 5.75 Å². The largest absolute Gasteiger partial charge is 0.478 e. The molecule has 0 saturated heterocycles. The number of fused-ring (bicyclic) bond motifs is 1. The highest BCUT2D eigenvalue weighted by molar-refractivity contribution is 6.06. The Morgan fingerprint density at radius 3 is 2.76 bits per heavy atom. The molecule has 0 saturated carbocycles. The fourth-order valence-corrected chi connectivity index (χ4v) is 2.15. The molecule has 0 radical (unpaired) electrons. The number of nitrogens with zero attached hydrogens (tertiary/aromatic N) is 1. The van der Waals surface area contributed by atoms with Crippen LogP contribution in [0.25, 0.3) is 0 Å². The molecule has 2 aromatic rings. The topological polar surface area (TPSA) is 115 Å². The van der Waals surface area contributed by atoms with Crippen molar-refractivity contribution in [2.75, 3.05) is 11.4 Å². The van der Waals surface area contributed by atoms with Crippen LogP contribution < -0.4 is 15.3 Å². The van der Waals surface area contributed by atoms with Crippen LogP contribution in [0.2, 0.25) is 0 Å². The average molecular weight is 289 g/mol. The number of amides is 1. The Morgan fingerprint density at radius 1 is 1.33 bits per heavy atom. The third-order valence-corrected chi connectivity index (χ3v) is 3.12. The number of carbonyl (C=O) groups excluding carboxylic acids is 1. The molecule has 0 bridgehead atoms. The number of anilines is 1. The summed E-state index contributed by atoms with van der Waals surface area (Å²) < 4.78 is 5.34. The number of carboxylic acid groups (broad SMARTS) is 1. The van der Waals surface area contributed by atoms with Crippen LogP contribution in [-0.4, -0.2) is 39.6 Å². The lowest BCUT2D eigenvalue weighted by Crippen LogP contribution is -2.47. The SMILES string of the molecule is O=C(O)C1CN(C(=O)c2c[nH]c(=O)[nH]2)c2ccccc2O1. The number of nitrogens with one attached hydrogen (secondary N) is 2. The molecule has 8 nitrogen and oxygen atoms in total. The van der Waals surface area contributed by atoms with Gasteiger partial charge in [0.15, 0.2) is 0 Å². The first kappa shape index (κ1) is 13.0. The molecule has 0 aliphatic carbocycles. The van der Waals surface area contributed by atoms with Gasteiger partial charge >= 0.3 is 11.7 Å². The van der Waals surface area contributed by atoms with Gasteiger partial charge in [0, 0.05) is 6.20 Å². The second kappa shape index (κ2) is 4.82. The molecule has 1 atom stereocenters. The van der Waals surface area contributed by atoms with Crippen LogP contribution in [0.15, 0.2) is 35.3 Å². The molecular weight excluding hydrogens is 278 g/mol. The number of hydrogen-bond donors (Lipinski definition) is 3. The number of H-pyrrole nitrogens is 2. The standard InChI is InChI=1S/C13H11N3O5/c17-11(7-5-14-13(20)15-7)16-6-10(12(18)19)21-9-4-2-1-3-8(9)16/h1-5,10H,6H2,(H,18,19)(H2,14,15,20). The number of aromatic amines is 2. The van der Waals surface area contributed by atoms with Crippen molar-refractivity contribution in [3.05, 3.63) is 46.6 Å². The molecule has 1 aromatic carbocycles. The third-order valence-electron chi connectivity index (χ3n) is 3.12. The van der Waals surface area contributed by atoms with Crippen molar-refractivity contribution in [2.24, 2.45) is 0 Å². The number of hydrogen-bond acceptors (Lipinski definition) is 4. The third kappa shape index (κ3) is 2.27. The lowest BCUT2D eigenvalue weighted by molar-refractivity contribution is -0.144. The van der Waals surface area contributed by atoms with E-state index < -0.39 is 23.7 Å². The molecule has 0 spiro atoms. The number of carboxylic acids is 1. The van der Waals surface area contributed by atoms with Gasteiger partial charge in [-0.3, -0.25) is 9.69 Å². The van der Waals surface area contributed by atoms with Gasteiger partial charge in [0.2, 0.25) is 6.10 Å². The number of ether oxygens (including phenoxy) is 1. The summed E-state index contributed by atoms with van der Waals surface area (Å²) in [5.41, 5.74) is 0.0116. The zero-order valence-electron chi connectivity index (χ0n) is 10.7. The molecule has 1 aliphatic rings. The highest BCUT2D eigenvalue weighted by Crippen LogP contribution is 2.33. The maximum Gasteiger partial charge on any atom is 0.346 e. The molecule has 1 amide bonds. The van der Waals surface area contributed by atoms with E-state index in [1.807, 2.05) is 0 Å². The highest BCUT2D eigenvalue weighted by atomic mass is 16.5. The molecule has 3 N–H and O–H groups in total. The van der Waals surface area contributed by atoms with Crippen LogP contribution in [0, 0.1) is 0 Å². The fourth-order valence-electron chi connectivity index (χ4n) is 2.15. The van der Waals surface area contributed by atoms with Crippen LogP contribution in [-0.2, 0) is 4.79 Å². The van der Waals surface area contributed by atoms with Gasteiger partial charge in [-0.1, -0.05) is 12.1 Å².